The summed E-state index contributed by atoms with van der Waals surface area (Å²) < 4.78 is 7.59. The van der Waals surface area contributed by atoms with Crippen molar-refractivity contribution in [2.75, 3.05) is 31.6 Å². The van der Waals surface area contributed by atoms with Crippen LogP contribution >= 0.6 is 11.6 Å². The second-order valence-corrected chi connectivity index (χ2v) is 9.14. The number of anilines is 1. The van der Waals surface area contributed by atoms with Crippen molar-refractivity contribution in [1.29, 1.82) is 0 Å². The summed E-state index contributed by atoms with van der Waals surface area (Å²) in [5.41, 5.74) is 0.974. The van der Waals surface area contributed by atoms with Gasteiger partial charge in [0.2, 0.25) is 0 Å². The number of carbonyl (C=O) groups excluding carboxylic acids is 1. The minimum absolute atomic E-state index is 0.159. The van der Waals surface area contributed by atoms with E-state index < -0.39 is 5.97 Å². The third-order valence-corrected chi connectivity index (χ3v) is 6.10. The van der Waals surface area contributed by atoms with Crippen LogP contribution in [0.2, 0.25) is 5.15 Å². The Bertz CT molecular complexity index is 953. The van der Waals surface area contributed by atoms with Gasteiger partial charge in [-0.1, -0.05) is 55.8 Å². The number of ether oxygens (including phenoxy) is 1. The summed E-state index contributed by atoms with van der Waals surface area (Å²) in [7, 11) is 0. The van der Waals surface area contributed by atoms with E-state index in [4.69, 9.17) is 16.3 Å². The fourth-order valence-corrected chi connectivity index (χ4v) is 4.45. The Morgan fingerprint density at radius 2 is 1.94 bits per heavy atom. The van der Waals surface area contributed by atoms with Gasteiger partial charge in [-0.2, -0.15) is 0 Å². The molecule has 0 atom stereocenters. The molecule has 1 aliphatic heterocycles. The maximum atomic E-state index is 13.0. The molecule has 1 aromatic heterocycles. The summed E-state index contributed by atoms with van der Waals surface area (Å²) in [6, 6.07) is 9.42. The number of esters is 1. The van der Waals surface area contributed by atoms with Crippen molar-refractivity contribution in [3.05, 3.63) is 57.1 Å². The highest BCUT2D eigenvalue weighted by molar-refractivity contribution is 6.30. The zero-order valence-electron chi connectivity index (χ0n) is 18.6. The van der Waals surface area contributed by atoms with Crippen LogP contribution in [0.15, 0.2) is 35.1 Å². The third-order valence-electron chi connectivity index (χ3n) is 5.74. The number of quaternary nitrogens is 1. The molecule has 0 bridgehead atoms. The Labute approximate surface area is 188 Å². The molecular weight excluding hydrogens is 416 g/mol. The molecule has 0 spiro atoms. The van der Waals surface area contributed by atoms with Crippen LogP contribution in [0.25, 0.3) is 0 Å². The lowest BCUT2D eigenvalue weighted by Crippen LogP contribution is -2.51. The van der Waals surface area contributed by atoms with E-state index in [1.807, 2.05) is 30.3 Å². The van der Waals surface area contributed by atoms with Crippen LogP contribution in [0.4, 0.5) is 5.82 Å². The van der Waals surface area contributed by atoms with Gasteiger partial charge in [-0.3, -0.25) is 14.2 Å². The van der Waals surface area contributed by atoms with Gasteiger partial charge in [-0.25, -0.2) is 4.98 Å². The monoisotopic (exact) mass is 447 g/mol. The van der Waals surface area contributed by atoms with Crippen molar-refractivity contribution in [1.82, 2.24) is 9.55 Å². The number of nitrogens with one attached hydrogen (secondary N) is 1. The van der Waals surface area contributed by atoms with Crippen LogP contribution < -0.4 is 10.9 Å². The summed E-state index contributed by atoms with van der Waals surface area (Å²) in [6.45, 7) is 9.91. The van der Waals surface area contributed by atoms with Crippen molar-refractivity contribution in [2.45, 2.75) is 46.8 Å². The van der Waals surface area contributed by atoms with Crippen molar-refractivity contribution in [3.63, 3.8) is 0 Å². The van der Waals surface area contributed by atoms with E-state index >= 15 is 0 Å². The topological polar surface area (TPSA) is 73.2 Å². The molecule has 7 nitrogen and oxygen atoms in total. The molecule has 0 radical (unpaired) electrons. The number of aromatic nitrogens is 2. The van der Waals surface area contributed by atoms with Crippen molar-refractivity contribution >= 4 is 23.4 Å². The van der Waals surface area contributed by atoms with Crippen LogP contribution in [0, 0.1) is 12.8 Å². The fraction of sp³-hybridized carbons (Fsp3) is 0.522. The third kappa shape index (κ3) is 6.08. The highest BCUT2D eigenvalue weighted by Gasteiger charge is 2.33. The molecule has 1 fully saturated rings. The van der Waals surface area contributed by atoms with Gasteiger partial charge in [-0.15, -0.1) is 0 Å². The summed E-state index contributed by atoms with van der Waals surface area (Å²) in [6.07, 6.45) is 2.38. The van der Waals surface area contributed by atoms with Crippen LogP contribution in [0.5, 0.6) is 0 Å². The Hall–Kier alpha value is -2.38. The molecule has 3 rings (SSSR count). The zero-order valence-corrected chi connectivity index (χ0v) is 19.3. The lowest BCUT2D eigenvalue weighted by Gasteiger charge is -2.35. The number of benzene rings is 1. The number of rotatable bonds is 9. The van der Waals surface area contributed by atoms with Crippen molar-refractivity contribution in [3.8, 4) is 0 Å². The van der Waals surface area contributed by atoms with Crippen LogP contribution in [0.3, 0.4) is 0 Å². The number of likely N-dealkylation sites (tertiary alicyclic amines) is 1. The largest absolute Gasteiger partial charge is 0.459 e. The van der Waals surface area contributed by atoms with Gasteiger partial charge < -0.3 is 14.5 Å². The highest BCUT2D eigenvalue weighted by atomic mass is 35.5. The predicted molar refractivity (Wildman–Crippen MR) is 122 cm³/mol. The summed E-state index contributed by atoms with van der Waals surface area (Å²) >= 11 is 6.29. The second kappa shape index (κ2) is 10.3. The van der Waals surface area contributed by atoms with E-state index in [-0.39, 0.29) is 29.7 Å². The quantitative estimate of drug-likeness (QED) is 0.469. The first kappa shape index (κ1) is 23.3. The molecular formula is C23H32ClN4O3+. The van der Waals surface area contributed by atoms with Gasteiger partial charge in [0.15, 0.2) is 17.6 Å². The van der Waals surface area contributed by atoms with E-state index in [9.17, 15) is 9.59 Å². The lowest BCUT2D eigenvalue weighted by atomic mass is 10.2. The Kier molecular flexibility index (Phi) is 7.73. The molecule has 1 saturated heterocycles. The average Bonchev–Trinajstić information content (AvgIpc) is 3.20. The SMILES string of the molecule is Cc1c(Cl)nc(NC[N+]2(CC(C)C)CCCC2)c(=O)n1CC(=O)OCc1ccccc1. The number of hydrogen-bond acceptors (Lipinski definition) is 5. The van der Waals surface area contributed by atoms with Crippen molar-refractivity contribution in [2.24, 2.45) is 5.92 Å². The summed E-state index contributed by atoms with van der Waals surface area (Å²) in [4.78, 5) is 29.7. The van der Waals surface area contributed by atoms with Gasteiger partial charge in [0, 0.05) is 18.8 Å². The molecule has 168 valence electrons. The number of hydrogen-bond donors (Lipinski definition) is 1. The first-order valence-electron chi connectivity index (χ1n) is 10.8. The average molecular weight is 448 g/mol. The van der Waals surface area contributed by atoms with Gasteiger partial charge in [0.25, 0.3) is 5.56 Å². The second-order valence-electron chi connectivity index (χ2n) is 8.78. The smallest absolute Gasteiger partial charge is 0.326 e. The first-order chi connectivity index (χ1) is 14.8. The minimum Gasteiger partial charge on any atom is -0.459 e. The number of halogens is 1. The minimum atomic E-state index is -0.495. The maximum Gasteiger partial charge on any atom is 0.326 e. The van der Waals surface area contributed by atoms with E-state index in [2.05, 4.69) is 24.1 Å². The highest BCUT2D eigenvalue weighted by Crippen LogP contribution is 2.22. The lowest BCUT2D eigenvalue weighted by molar-refractivity contribution is -0.916. The van der Waals surface area contributed by atoms with Crippen LogP contribution in [-0.4, -0.2) is 46.3 Å². The zero-order chi connectivity index (χ0) is 22.4. The van der Waals surface area contributed by atoms with Gasteiger partial charge in [0.05, 0.1) is 25.3 Å². The standard InChI is InChI=1S/C23H32ClN4O3/c1-17(2)14-28(11-7-8-12-28)16-25-22-23(30)27(18(3)21(24)26-22)13-20(29)31-15-19-9-5-4-6-10-19/h4-6,9-10,17H,7-8,11-16H2,1-3H3,(H,25,26)/q+1. The molecule has 1 aromatic carbocycles. The maximum absolute atomic E-state index is 13.0. The molecule has 2 heterocycles. The summed E-state index contributed by atoms with van der Waals surface area (Å²) in [5.74, 6) is 0.246. The predicted octanol–water partition coefficient (Wildman–Crippen LogP) is 3.58. The molecule has 2 aromatic rings. The van der Waals surface area contributed by atoms with E-state index in [1.165, 1.54) is 17.4 Å². The normalized spacial score (nSPS) is 15.3. The molecule has 1 N–H and O–H groups in total. The van der Waals surface area contributed by atoms with E-state index in [0.717, 1.165) is 29.7 Å². The molecule has 0 aliphatic carbocycles. The Morgan fingerprint density at radius 1 is 1.26 bits per heavy atom. The first-order valence-corrected chi connectivity index (χ1v) is 11.2. The van der Waals surface area contributed by atoms with Gasteiger partial charge >= 0.3 is 5.97 Å². The fourth-order valence-electron chi connectivity index (χ4n) is 4.27. The van der Waals surface area contributed by atoms with Crippen LogP contribution in [-0.2, 0) is 22.7 Å². The molecule has 0 amide bonds. The number of nitrogens with zero attached hydrogens (tertiary/aromatic N) is 3. The van der Waals surface area contributed by atoms with Gasteiger partial charge in [-0.05, 0) is 12.5 Å². The van der Waals surface area contributed by atoms with Gasteiger partial charge in [0.1, 0.15) is 13.2 Å². The van der Waals surface area contributed by atoms with Crippen LogP contribution in [0.1, 0.15) is 37.9 Å². The molecule has 0 saturated carbocycles. The molecule has 8 heteroatoms. The Balaban J connectivity index is 1.71. The molecule has 0 unspecified atom stereocenters. The molecule has 1 aliphatic rings. The summed E-state index contributed by atoms with van der Waals surface area (Å²) in [5, 5.41) is 3.44. The van der Waals surface area contributed by atoms with Crippen molar-refractivity contribution < 1.29 is 14.0 Å². The van der Waals surface area contributed by atoms with E-state index in [1.54, 1.807) is 6.92 Å². The molecule has 31 heavy (non-hydrogen) atoms. The Morgan fingerprint density at radius 3 is 2.58 bits per heavy atom. The number of carbonyl (C=O) groups is 1. The van der Waals surface area contributed by atoms with E-state index in [0.29, 0.717) is 18.3 Å².